The summed E-state index contributed by atoms with van der Waals surface area (Å²) in [6.07, 6.45) is -25.1. The van der Waals surface area contributed by atoms with Crippen molar-refractivity contribution in [1.29, 1.82) is 0 Å². The number of halogens is 12. The molecule has 8 unspecified atom stereocenters. The number of ether oxygens (including phenoxy) is 1. The summed E-state index contributed by atoms with van der Waals surface area (Å²) >= 11 is 0. The Morgan fingerprint density at radius 3 is 1.34 bits per heavy atom. The molecular formula is C30H44F12O5. The van der Waals surface area contributed by atoms with Crippen LogP contribution in [0.1, 0.15) is 86.0 Å². The Bertz CT molecular complexity index is 1040. The molecule has 4 aliphatic carbocycles. The van der Waals surface area contributed by atoms with Crippen molar-refractivity contribution in [3.63, 3.8) is 0 Å². The van der Waals surface area contributed by atoms with Gasteiger partial charge in [-0.2, -0.15) is 52.7 Å². The van der Waals surface area contributed by atoms with Crippen molar-refractivity contribution in [2.45, 2.75) is 134 Å². The average molecular weight is 713 g/mol. The van der Waals surface area contributed by atoms with E-state index in [0.717, 1.165) is 25.7 Å². The van der Waals surface area contributed by atoms with Crippen LogP contribution in [0.3, 0.4) is 0 Å². The van der Waals surface area contributed by atoms with Crippen LogP contribution >= 0.6 is 0 Å². The Morgan fingerprint density at radius 2 is 1.04 bits per heavy atom. The molecule has 4 fully saturated rings. The lowest BCUT2D eigenvalue weighted by Gasteiger charge is -2.38. The van der Waals surface area contributed by atoms with Gasteiger partial charge < -0.3 is 20.1 Å². The van der Waals surface area contributed by atoms with Gasteiger partial charge in [-0.1, -0.05) is 34.3 Å². The zero-order chi connectivity index (χ0) is 34.6. The number of rotatable bonds is 8. The molecule has 3 N–H and O–H groups in total. The molecule has 0 aromatic heterocycles. The number of carbonyl (C=O) groups is 1. The van der Waals surface area contributed by atoms with Crippen LogP contribution in [0.25, 0.3) is 0 Å². The fourth-order valence-electron chi connectivity index (χ4n) is 7.56. The predicted molar refractivity (Wildman–Crippen MR) is 145 cm³/mol. The minimum atomic E-state index is -5.93. The third-order valence-corrected chi connectivity index (χ3v) is 10.0. The van der Waals surface area contributed by atoms with Crippen LogP contribution in [0.2, 0.25) is 0 Å². The normalized spacial score (nSPS) is 28.9. The number of carbonyl (C=O) groups excluding carboxylic acids is 1. The maximum atomic E-state index is 13.0. The molecule has 47 heavy (non-hydrogen) atoms. The molecule has 0 amide bonds. The van der Waals surface area contributed by atoms with Crippen molar-refractivity contribution < 1.29 is 77.5 Å². The van der Waals surface area contributed by atoms with E-state index in [1.54, 1.807) is 0 Å². The van der Waals surface area contributed by atoms with Crippen molar-refractivity contribution in [2.75, 3.05) is 0 Å². The number of hydrogen-bond acceptors (Lipinski definition) is 5. The molecular weight excluding hydrogens is 668 g/mol. The third kappa shape index (κ3) is 8.89. The van der Waals surface area contributed by atoms with E-state index in [9.17, 15) is 67.7 Å². The van der Waals surface area contributed by atoms with Crippen LogP contribution in [-0.4, -0.2) is 69.4 Å². The molecule has 0 saturated heterocycles. The van der Waals surface area contributed by atoms with Crippen LogP contribution in [0.5, 0.6) is 0 Å². The van der Waals surface area contributed by atoms with Gasteiger partial charge in [0.15, 0.2) is 0 Å². The molecule has 4 saturated carbocycles. The van der Waals surface area contributed by atoms with E-state index < -0.39 is 78.8 Å². The number of aliphatic hydroxyl groups is 3. The maximum absolute atomic E-state index is 13.0. The molecule has 0 spiro atoms. The van der Waals surface area contributed by atoms with E-state index in [0.29, 0.717) is 25.7 Å². The molecule has 4 bridgehead atoms. The van der Waals surface area contributed by atoms with Gasteiger partial charge in [-0.15, -0.1) is 0 Å². The van der Waals surface area contributed by atoms with Crippen molar-refractivity contribution in [2.24, 2.45) is 35.5 Å². The standard InChI is InChI=1S/C16H20F6O3.C12H16F6O2.2CH4/c1-8(2)13(23)25-12(11-6-9-3-4-10(11)5-9)7-14(24,15(17,18)19)16(20,21)22;13-11(14,15)10(20,12(16,17)18)5-9(19)8-4-6-1-2-7(8)3-6;;/h9-12,24H,1,3-7H2,2H3;6-9,19-20H,1-5H2;2*1H4. The molecule has 0 heterocycles. The van der Waals surface area contributed by atoms with Crippen LogP contribution in [-0.2, 0) is 9.53 Å². The molecule has 0 aromatic rings. The number of aliphatic hydroxyl groups excluding tert-OH is 1. The molecule has 278 valence electrons. The van der Waals surface area contributed by atoms with Crippen molar-refractivity contribution >= 4 is 5.97 Å². The van der Waals surface area contributed by atoms with Gasteiger partial charge in [-0.05, 0) is 81.0 Å². The van der Waals surface area contributed by atoms with Gasteiger partial charge in [0, 0.05) is 18.4 Å². The number of hydrogen-bond donors (Lipinski definition) is 3. The summed E-state index contributed by atoms with van der Waals surface area (Å²) in [5.41, 5.74) is -9.90. The zero-order valence-electron chi connectivity index (χ0n) is 24.1. The summed E-state index contributed by atoms with van der Waals surface area (Å²) in [7, 11) is 0. The molecule has 0 aliphatic heterocycles. The lowest BCUT2D eigenvalue weighted by Crippen LogP contribution is -2.59. The summed E-state index contributed by atoms with van der Waals surface area (Å²) in [6, 6.07) is 0. The summed E-state index contributed by atoms with van der Waals surface area (Å²) in [5, 5.41) is 28.3. The quantitative estimate of drug-likeness (QED) is 0.134. The molecule has 4 rings (SSSR count). The van der Waals surface area contributed by atoms with E-state index in [1.165, 1.54) is 6.92 Å². The highest BCUT2D eigenvalue weighted by Crippen LogP contribution is 2.55. The Balaban J connectivity index is 0.000000461. The lowest BCUT2D eigenvalue weighted by molar-refractivity contribution is -0.375. The van der Waals surface area contributed by atoms with Gasteiger partial charge in [0.05, 0.1) is 6.10 Å². The Labute approximate surface area is 265 Å². The predicted octanol–water partition coefficient (Wildman–Crippen LogP) is 8.46. The van der Waals surface area contributed by atoms with Gasteiger partial charge in [-0.25, -0.2) is 4.79 Å². The largest absolute Gasteiger partial charge is 0.459 e. The molecule has 0 radical (unpaired) electrons. The topological polar surface area (TPSA) is 87.0 Å². The first-order valence-corrected chi connectivity index (χ1v) is 14.5. The Kier molecular flexibility index (Phi) is 13.5. The second kappa shape index (κ2) is 14.6. The molecule has 5 nitrogen and oxygen atoms in total. The van der Waals surface area contributed by atoms with E-state index in [1.807, 2.05) is 0 Å². The van der Waals surface area contributed by atoms with Crippen LogP contribution in [0.15, 0.2) is 12.2 Å². The first-order valence-electron chi connectivity index (χ1n) is 14.5. The van der Waals surface area contributed by atoms with Crippen LogP contribution in [0.4, 0.5) is 52.7 Å². The average Bonchev–Trinajstić information content (AvgIpc) is 3.68. The highest BCUT2D eigenvalue weighted by Gasteiger charge is 2.72. The molecule has 4 aliphatic rings. The Morgan fingerprint density at radius 1 is 0.681 bits per heavy atom. The second-order valence-electron chi connectivity index (χ2n) is 13.1. The van der Waals surface area contributed by atoms with Crippen LogP contribution in [0, 0.1) is 35.5 Å². The SMILES string of the molecule is C.C.C=C(C)C(=O)OC(CC(O)(C(F)(F)F)C(F)(F)F)C1CC2CCC1C2.OC(CC(O)(C(F)(F)F)C(F)(F)F)C1CC2CCC1C2. The van der Waals surface area contributed by atoms with E-state index in [4.69, 9.17) is 9.84 Å². The maximum Gasteiger partial charge on any atom is 0.426 e. The summed E-state index contributed by atoms with van der Waals surface area (Å²) < 4.78 is 158. The highest BCUT2D eigenvalue weighted by atomic mass is 19.4. The zero-order valence-corrected chi connectivity index (χ0v) is 24.1. The van der Waals surface area contributed by atoms with Crippen molar-refractivity contribution in [3.05, 3.63) is 12.2 Å². The first-order chi connectivity index (χ1) is 20.2. The first kappa shape index (κ1) is 43.3. The van der Waals surface area contributed by atoms with Gasteiger partial charge >= 0.3 is 30.7 Å². The fourth-order valence-corrected chi connectivity index (χ4v) is 7.56. The van der Waals surface area contributed by atoms with Gasteiger partial charge in [0.2, 0.25) is 0 Å². The monoisotopic (exact) mass is 712 g/mol. The third-order valence-electron chi connectivity index (χ3n) is 10.0. The number of esters is 1. The minimum Gasteiger partial charge on any atom is -0.459 e. The van der Waals surface area contributed by atoms with Crippen molar-refractivity contribution in [3.8, 4) is 0 Å². The molecule has 17 heteroatoms. The second-order valence-corrected chi connectivity index (χ2v) is 13.1. The number of fused-ring (bicyclic) bond motifs is 4. The highest BCUT2D eigenvalue weighted by molar-refractivity contribution is 5.87. The molecule has 8 atom stereocenters. The Hall–Kier alpha value is -1.75. The smallest absolute Gasteiger partial charge is 0.426 e. The van der Waals surface area contributed by atoms with Crippen LogP contribution < -0.4 is 0 Å². The summed E-state index contributed by atoms with van der Waals surface area (Å²) in [6.45, 7) is 4.55. The summed E-state index contributed by atoms with van der Waals surface area (Å²) in [5.74, 6) is -1.89. The van der Waals surface area contributed by atoms with E-state index in [2.05, 4.69) is 6.58 Å². The van der Waals surface area contributed by atoms with E-state index >= 15 is 0 Å². The van der Waals surface area contributed by atoms with Gasteiger partial charge in [-0.3, -0.25) is 0 Å². The van der Waals surface area contributed by atoms with Crippen molar-refractivity contribution in [1.82, 2.24) is 0 Å². The van der Waals surface area contributed by atoms with Gasteiger partial charge in [0.25, 0.3) is 11.2 Å². The number of alkyl halides is 12. The molecule has 0 aromatic carbocycles. The summed E-state index contributed by atoms with van der Waals surface area (Å²) in [4.78, 5) is 11.7. The lowest BCUT2D eigenvalue weighted by atomic mass is 9.79. The van der Waals surface area contributed by atoms with Gasteiger partial charge in [0.1, 0.15) is 6.10 Å². The van der Waals surface area contributed by atoms with E-state index in [-0.39, 0.29) is 44.1 Å². The fraction of sp³-hybridized carbons (Fsp3) is 0.900. The minimum absolute atomic E-state index is 0.